The highest BCUT2D eigenvalue weighted by atomic mass is 14.8. The van der Waals surface area contributed by atoms with Crippen LogP contribution in [-0.2, 0) is 10.8 Å². The molecule has 0 N–H and O–H groups in total. The van der Waals surface area contributed by atoms with E-state index in [2.05, 4.69) is 161 Å². The van der Waals surface area contributed by atoms with Crippen LogP contribution in [0.1, 0.15) is 61.1 Å². The largest absolute Gasteiger partial charge is 0.252 e. The topological polar surface area (TPSA) is 24.7 Å². The first kappa shape index (κ1) is 26.1. The average molecular weight is 543 g/mol. The molecule has 3 aliphatic heterocycles. The van der Waals surface area contributed by atoms with Gasteiger partial charge in [0.15, 0.2) is 0 Å². The van der Waals surface area contributed by atoms with E-state index in [9.17, 15) is 0 Å². The van der Waals surface area contributed by atoms with Gasteiger partial charge in [-0.05, 0) is 57.7 Å². The summed E-state index contributed by atoms with van der Waals surface area (Å²) in [6.07, 6.45) is 8.77. The lowest BCUT2D eigenvalue weighted by Gasteiger charge is -2.27. The normalized spacial score (nSPS) is 21.7. The molecule has 0 radical (unpaired) electrons. The Balaban J connectivity index is 1.54. The maximum atomic E-state index is 5.33. The van der Waals surface area contributed by atoms with Crippen LogP contribution in [0.4, 0.5) is 0 Å². The summed E-state index contributed by atoms with van der Waals surface area (Å²) in [7, 11) is 0. The minimum absolute atomic E-state index is 0.302. The van der Waals surface area contributed by atoms with Crippen LogP contribution < -0.4 is 0 Å². The molecule has 7 rings (SSSR count). The van der Waals surface area contributed by atoms with E-state index >= 15 is 0 Å². The number of rotatable bonds is 2. The van der Waals surface area contributed by atoms with Crippen LogP contribution in [0, 0.1) is 0 Å². The Morgan fingerprint density at radius 3 is 1.19 bits per heavy atom. The highest BCUT2D eigenvalue weighted by Crippen LogP contribution is 2.40. The molecule has 2 heteroatoms. The SMILES string of the molecule is CC1(C)C2=N/C(=C(/c3ccccc3)c3cccc(c3)C(C)(C)C3=N/C(=C(/c4ccccc4)c4cccc1c4)C=C3)C=C2. The zero-order valence-corrected chi connectivity index (χ0v) is 24.6. The molecule has 0 saturated carbocycles. The second-order valence-electron chi connectivity index (χ2n) is 12.3. The first-order valence-corrected chi connectivity index (χ1v) is 14.7. The molecule has 4 aromatic rings. The molecule has 0 aromatic heterocycles. The Kier molecular flexibility index (Phi) is 6.17. The van der Waals surface area contributed by atoms with E-state index in [0.29, 0.717) is 0 Å². The average Bonchev–Trinajstić information content (AvgIpc) is 3.71. The van der Waals surface area contributed by atoms with E-state index in [4.69, 9.17) is 9.98 Å². The number of hydrogen-bond acceptors (Lipinski definition) is 2. The van der Waals surface area contributed by atoms with Gasteiger partial charge in [0.1, 0.15) is 0 Å². The molecule has 0 spiro atoms. The summed E-state index contributed by atoms with van der Waals surface area (Å²) in [5.41, 5.74) is 12.9. The first-order valence-electron chi connectivity index (χ1n) is 14.7. The van der Waals surface area contributed by atoms with Gasteiger partial charge in [0, 0.05) is 22.0 Å². The van der Waals surface area contributed by atoms with Gasteiger partial charge in [-0.1, -0.05) is 137 Å². The summed E-state index contributed by atoms with van der Waals surface area (Å²) in [6.45, 7) is 9.09. The van der Waals surface area contributed by atoms with Crippen LogP contribution in [-0.4, -0.2) is 11.4 Å². The van der Waals surface area contributed by atoms with E-state index in [-0.39, 0.29) is 10.8 Å². The van der Waals surface area contributed by atoms with Gasteiger partial charge < -0.3 is 0 Å². The first-order chi connectivity index (χ1) is 20.3. The summed E-state index contributed by atoms with van der Waals surface area (Å²) in [6, 6.07) is 39.1. The van der Waals surface area contributed by atoms with Crippen molar-refractivity contribution >= 4 is 22.6 Å². The van der Waals surface area contributed by atoms with E-state index in [1.807, 2.05) is 0 Å². The molecule has 3 heterocycles. The monoisotopic (exact) mass is 542 g/mol. The summed E-state index contributed by atoms with van der Waals surface area (Å²) in [5, 5.41) is 0. The Bertz CT molecular complexity index is 1750. The fourth-order valence-electron chi connectivity index (χ4n) is 6.26. The van der Waals surface area contributed by atoms with Gasteiger partial charge in [-0.2, -0.15) is 0 Å². The molecule has 2 nitrogen and oxygen atoms in total. The maximum Gasteiger partial charge on any atom is 0.0718 e. The lowest BCUT2D eigenvalue weighted by Crippen LogP contribution is -2.27. The Morgan fingerprint density at radius 1 is 0.405 bits per heavy atom. The van der Waals surface area contributed by atoms with Crippen LogP contribution in [0.3, 0.4) is 0 Å². The van der Waals surface area contributed by atoms with Crippen molar-refractivity contribution in [2.45, 2.75) is 38.5 Å². The molecule has 0 aliphatic carbocycles. The van der Waals surface area contributed by atoms with Crippen molar-refractivity contribution in [1.82, 2.24) is 0 Å². The van der Waals surface area contributed by atoms with Crippen molar-refractivity contribution in [3.05, 3.63) is 178 Å². The summed E-state index contributed by atoms with van der Waals surface area (Å²) < 4.78 is 0. The van der Waals surface area contributed by atoms with Crippen molar-refractivity contribution < 1.29 is 0 Å². The molecule has 204 valence electrons. The smallest absolute Gasteiger partial charge is 0.0718 e. The van der Waals surface area contributed by atoms with Crippen molar-refractivity contribution in [3.8, 4) is 0 Å². The Hall–Kier alpha value is -4.82. The second kappa shape index (κ2) is 9.92. The lowest BCUT2D eigenvalue weighted by molar-refractivity contribution is 0.720. The number of benzene rings is 4. The highest BCUT2D eigenvalue weighted by Gasteiger charge is 2.32. The third kappa shape index (κ3) is 4.35. The second-order valence-corrected chi connectivity index (χ2v) is 12.3. The standard InChI is InChI=1S/C40H34N2/c1-39(2)31-19-11-17-29(25-31)37(27-13-7-5-8-14-27)34-22-24-36(42-34)40(3,4)32-20-12-18-30(26-32)38(28-15-9-6-10-16-28)33-21-23-35(39)41-33/h5-26H,1-4H3/b37-34-,38-33-. The summed E-state index contributed by atoms with van der Waals surface area (Å²) in [4.78, 5) is 10.7. The summed E-state index contributed by atoms with van der Waals surface area (Å²) >= 11 is 0. The number of fused-ring (bicyclic) bond motifs is 6. The van der Waals surface area contributed by atoms with Gasteiger partial charge in [0.05, 0.1) is 22.8 Å². The predicted molar refractivity (Wildman–Crippen MR) is 177 cm³/mol. The zero-order valence-electron chi connectivity index (χ0n) is 24.6. The third-order valence-electron chi connectivity index (χ3n) is 8.94. The molecule has 0 unspecified atom stereocenters. The van der Waals surface area contributed by atoms with E-state index in [1.165, 1.54) is 11.1 Å². The zero-order chi connectivity index (χ0) is 28.9. The molecular formula is C40H34N2. The van der Waals surface area contributed by atoms with Crippen molar-refractivity contribution in [1.29, 1.82) is 0 Å². The Labute approximate surface area is 248 Å². The van der Waals surface area contributed by atoms with Gasteiger partial charge in [0.2, 0.25) is 0 Å². The van der Waals surface area contributed by atoms with Crippen molar-refractivity contribution in [2.75, 3.05) is 0 Å². The molecule has 0 saturated heterocycles. The van der Waals surface area contributed by atoms with Gasteiger partial charge >= 0.3 is 0 Å². The molecule has 0 fully saturated rings. The Morgan fingerprint density at radius 2 is 0.786 bits per heavy atom. The number of nitrogens with zero attached hydrogens (tertiary/aromatic N) is 2. The predicted octanol–water partition coefficient (Wildman–Crippen LogP) is 9.50. The van der Waals surface area contributed by atoms with Crippen LogP contribution in [0.2, 0.25) is 0 Å². The lowest BCUT2D eigenvalue weighted by atomic mass is 9.78. The number of aliphatic imine (C=N–C) groups is 2. The minimum atomic E-state index is -0.302. The van der Waals surface area contributed by atoms with Crippen LogP contribution in [0.25, 0.3) is 11.1 Å². The molecule has 8 bridgehead atoms. The highest BCUT2D eigenvalue weighted by molar-refractivity contribution is 6.09. The van der Waals surface area contributed by atoms with Gasteiger partial charge in [-0.15, -0.1) is 0 Å². The molecule has 0 amide bonds. The fraction of sp³-hybridized carbons (Fsp3) is 0.150. The quantitative estimate of drug-likeness (QED) is 0.241. The van der Waals surface area contributed by atoms with E-state index in [1.54, 1.807) is 0 Å². The van der Waals surface area contributed by atoms with Crippen LogP contribution in [0.5, 0.6) is 0 Å². The van der Waals surface area contributed by atoms with Gasteiger partial charge in [-0.3, -0.25) is 9.98 Å². The molecular weight excluding hydrogens is 508 g/mol. The molecule has 3 aliphatic rings. The van der Waals surface area contributed by atoms with Crippen molar-refractivity contribution in [3.63, 3.8) is 0 Å². The fourth-order valence-corrected chi connectivity index (χ4v) is 6.26. The van der Waals surface area contributed by atoms with Crippen molar-refractivity contribution in [2.24, 2.45) is 9.98 Å². The van der Waals surface area contributed by atoms with Crippen LogP contribution >= 0.6 is 0 Å². The van der Waals surface area contributed by atoms with Gasteiger partial charge in [0.25, 0.3) is 0 Å². The third-order valence-corrected chi connectivity index (χ3v) is 8.94. The van der Waals surface area contributed by atoms with E-state index in [0.717, 1.165) is 56.2 Å². The minimum Gasteiger partial charge on any atom is -0.252 e. The molecule has 4 aromatic carbocycles. The molecule has 0 atom stereocenters. The molecule has 42 heavy (non-hydrogen) atoms. The summed E-state index contributed by atoms with van der Waals surface area (Å²) in [5.74, 6) is 0. The van der Waals surface area contributed by atoms with Gasteiger partial charge in [-0.25, -0.2) is 0 Å². The maximum absolute atomic E-state index is 5.33. The number of allylic oxidation sites excluding steroid dienone is 4. The van der Waals surface area contributed by atoms with E-state index < -0.39 is 0 Å². The number of hydrogen-bond donors (Lipinski definition) is 0. The van der Waals surface area contributed by atoms with Crippen LogP contribution in [0.15, 0.2) is 155 Å².